The van der Waals surface area contributed by atoms with Crippen LogP contribution in [0.2, 0.25) is 0 Å². The average molecular weight is 242 g/mol. The van der Waals surface area contributed by atoms with Crippen LogP contribution in [-0.4, -0.2) is 48.3 Å². The summed E-state index contributed by atoms with van der Waals surface area (Å²) in [5, 5.41) is 3.66. The molecule has 17 heavy (non-hydrogen) atoms. The van der Waals surface area contributed by atoms with Crippen LogP contribution in [0, 0.1) is 0 Å². The normalized spacial score (nSPS) is 26.6. The van der Waals surface area contributed by atoms with Crippen molar-refractivity contribution in [1.82, 2.24) is 10.2 Å². The van der Waals surface area contributed by atoms with Crippen LogP contribution in [0.4, 0.5) is 0 Å². The van der Waals surface area contributed by atoms with Gasteiger partial charge in [0, 0.05) is 19.1 Å². The Bertz CT molecular complexity index is 234. The van der Waals surface area contributed by atoms with Crippen LogP contribution in [0.1, 0.15) is 48.0 Å². The van der Waals surface area contributed by atoms with E-state index in [0.29, 0.717) is 6.04 Å². The minimum Gasteiger partial charge on any atom is -0.368 e. The molecule has 0 spiro atoms. The summed E-state index contributed by atoms with van der Waals surface area (Å²) in [6.45, 7) is 17.6. The highest BCUT2D eigenvalue weighted by Crippen LogP contribution is 2.36. The lowest BCUT2D eigenvalue weighted by Crippen LogP contribution is -2.46. The Morgan fingerprint density at radius 1 is 1.18 bits per heavy atom. The van der Waals surface area contributed by atoms with Crippen molar-refractivity contribution in [3.63, 3.8) is 0 Å². The zero-order valence-electron chi connectivity index (χ0n) is 12.5. The van der Waals surface area contributed by atoms with Crippen molar-refractivity contribution in [3.05, 3.63) is 0 Å². The third-order valence-electron chi connectivity index (χ3n) is 3.79. The number of hydrogen-bond donors (Lipinski definition) is 1. The van der Waals surface area contributed by atoms with Gasteiger partial charge in [-0.25, -0.2) is 0 Å². The monoisotopic (exact) mass is 242 g/mol. The molecule has 0 aromatic rings. The van der Waals surface area contributed by atoms with Gasteiger partial charge in [0.2, 0.25) is 0 Å². The van der Waals surface area contributed by atoms with Crippen molar-refractivity contribution in [2.75, 3.05) is 26.2 Å². The third-order valence-corrected chi connectivity index (χ3v) is 3.79. The molecule has 3 heteroatoms. The molecule has 0 aromatic carbocycles. The van der Waals surface area contributed by atoms with Gasteiger partial charge in [-0.15, -0.1) is 0 Å². The van der Waals surface area contributed by atoms with Gasteiger partial charge >= 0.3 is 0 Å². The molecule has 1 unspecified atom stereocenters. The molecule has 3 nitrogen and oxygen atoms in total. The second-order valence-corrected chi connectivity index (χ2v) is 6.20. The van der Waals surface area contributed by atoms with Gasteiger partial charge in [0.1, 0.15) is 0 Å². The molecule has 0 saturated carbocycles. The van der Waals surface area contributed by atoms with E-state index >= 15 is 0 Å². The van der Waals surface area contributed by atoms with E-state index in [1.807, 2.05) is 0 Å². The van der Waals surface area contributed by atoms with Crippen molar-refractivity contribution in [1.29, 1.82) is 0 Å². The highest BCUT2D eigenvalue weighted by Gasteiger charge is 2.45. The van der Waals surface area contributed by atoms with Gasteiger partial charge in [-0.1, -0.05) is 13.8 Å². The highest BCUT2D eigenvalue weighted by molar-refractivity contribution is 4.98. The van der Waals surface area contributed by atoms with Crippen LogP contribution in [0.15, 0.2) is 0 Å². The number of likely N-dealkylation sites (N-methyl/N-ethyl adjacent to an activating group) is 1. The first-order chi connectivity index (χ1) is 7.80. The van der Waals surface area contributed by atoms with E-state index in [9.17, 15) is 0 Å². The number of hydrogen-bond acceptors (Lipinski definition) is 3. The predicted octanol–water partition coefficient (Wildman–Crippen LogP) is 2.26. The molecule has 1 heterocycles. The van der Waals surface area contributed by atoms with Crippen LogP contribution in [0.5, 0.6) is 0 Å². The molecule has 1 aliphatic heterocycles. The van der Waals surface area contributed by atoms with Crippen molar-refractivity contribution in [2.45, 2.75) is 65.2 Å². The number of ether oxygens (including phenoxy) is 1. The van der Waals surface area contributed by atoms with Gasteiger partial charge in [-0.3, -0.25) is 0 Å². The third kappa shape index (κ3) is 4.23. The molecule has 1 fully saturated rings. The average Bonchev–Trinajstić information content (AvgIpc) is 2.41. The lowest BCUT2D eigenvalue weighted by atomic mass is 9.94. The van der Waals surface area contributed by atoms with Gasteiger partial charge in [-0.2, -0.15) is 0 Å². The molecular formula is C14H30N2O. The van der Waals surface area contributed by atoms with Crippen LogP contribution < -0.4 is 5.32 Å². The molecule has 0 aliphatic carbocycles. The number of rotatable bonds is 6. The Kier molecular flexibility index (Phi) is 4.99. The first kappa shape index (κ1) is 14.9. The highest BCUT2D eigenvalue weighted by atomic mass is 16.5. The van der Waals surface area contributed by atoms with E-state index in [1.165, 1.54) is 0 Å². The van der Waals surface area contributed by atoms with Crippen molar-refractivity contribution in [2.24, 2.45) is 0 Å². The molecule has 0 bridgehead atoms. The molecule has 0 aromatic heterocycles. The largest absolute Gasteiger partial charge is 0.368 e. The maximum absolute atomic E-state index is 6.08. The van der Waals surface area contributed by atoms with Crippen LogP contribution >= 0.6 is 0 Å². The Balaban J connectivity index is 2.37. The SMILES string of the molecule is CCN(CC)CCNC1CC(C)(C)OC1(C)C. The number of nitrogens with zero attached hydrogens (tertiary/aromatic N) is 1. The summed E-state index contributed by atoms with van der Waals surface area (Å²) in [6.07, 6.45) is 1.10. The summed E-state index contributed by atoms with van der Waals surface area (Å²) in [4.78, 5) is 2.45. The fourth-order valence-electron chi connectivity index (χ4n) is 2.82. The topological polar surface area (TPSA) is 24.5 Å². The first-order valence-electron chi connectivity index (χ1n) is 6.96. The summed E-state index contributed by atoms with van der Waals surface area (Å²) in [5.74, 6) is 0. The second-order valence-electron chi connectivity index (χ2n) is 6.20. The molecule has 0 amide bonds. The van der Waals surface area contributed by atoms with Crippen LogP contribution in [0.3, 0.4) is 0 Å². The molecule has 1 saturated heterocycles. The molecule has 1 aliphatic rings. The van der Waals surface area contributed by atoms with Gasteiger partial charge in [0.25, 0.3) is 0 Å². The molecule has 102 valence electrons. The maximum atomic E-state index is 6.08. The lowest BCUT2D eigenvalue weighted by Gasteiger charge is -2.28. The quantitative estimate of drug-likeness (QED) is 0.773. The summed E-state index contributed by atoms with van der Waals surface area (Å²) < 4.78 is 6.08. The fourth-order valence-corrected chi connectivity index (χ4v) is 2.82. The Hall–Kier alpha value is -0.120. The van der Waals surface area contributed by atoms with E-state index in [-0.39, 0.29) is 11.2 Å². The van der Waals surface area contributed by atoms with Gasteiger partial charge < -0.3 is 15.0 Å². The van der Waals surface area contributed by atoms with E-state index in [0.717, 1.165) is 32.6 Å². The van der Waals surface area contributed by atoms with Crippen LogP contribution in [0.25, 0.3) is 0 Å². The summed E-state index contributed by atoms with van der Waals surface area (Å²) >= 11 is 0. The molecular weight excluding hydrogens is 212 g/mol. The molecule has 1 rings (SSSR count). The maximum Gasteiger partial charge on any atom is 0.0787 e. The van der Waals surface area contributed by atoms with Crippen molar-refractivity contribution in [3.8, 4) is 0 Å². The van der Waals surface area contributed by atoms with E-state index in [1.54, 1.807) is 0 Å². The summed E-state index contributed by atoms with van der Waals surface area (Å²) in [5.41, 5.74) is -0.0386. The van der Waals surface area contributed by atoms with Gasteiger partial charge in [0.15, 0.2) is 0 Å². The standard InChI is InChI=1S/C14H30N2O/c1-7-16(8-2)10-9-15-12-11-13(3,4)17-14(12,5)6/h12,15H,7-11H2,1-6H3. The minimum absolute atomic E-state index is 0.0103. The number of nitrogens with one attached hydrogen (secondary N) is 1. The first-order valence-corrected chi connectivity index (χ1v) is 6.96. The fraction of sp³-hybridized carbons (Fsp3) is 1.00. The molecule has 1 atom stereocenters. The van der Waals surface area contributed by atoms with E-state index in [4.69, 9.17) is 4.74 Å². The zero-order valence-corrected chi connectivity index (χ0v) is 12.5. The smallest absolute Gasteiger partial charge is 0.0787 e. The summed E-state index contributed by atoms with van der Waals surface area (Å²) in [6, 6.07) is 0.466. The van der Waals surface area contributed by atoms with Crippen molar-refractivity contribution < 1.29 is 4.74 Å². The Labute approximate surface area is 107 Å². The Morgan fingerprint density at radius 3 is 2.18 bits per heavy atom. The zero-order chi connectivity index (χ0) is 13.1. The Morgan fingerprint density at radius 2 is 1.76 bits per heavy atom. The second kappa shape index (κ2) is 5.68. The molecule has 0 radical (unpaired) electrons. The minimum atomic E-state index is -0.0488. The predicted molar refractivity (Wildman–Crippen MR) is 73.4 cm³/mol. The van der Waals surface area contributed by atoms with Gasteiger partial charge in [0.05, 0.1) is 11.2 Å². The van der Waals surface area contributed by atoms with E-state index < -0.39 is 0 Å². The van der Waals surface area contributed by atoms with Crippen molar-refractivity contribution >= 4 is 0 Å². The van der Waals surface area contributed by atoms with E-state index in [2.05, 4.69) is 51.8 Å². The summed E-state index contributed by atoms with van der Waals surface area (Å²) in [7, 11) is 0. The lowest BCUT2D eigenvalue weighted by molar-refractivity contribution is -0.0698. The molecule has 1 N–H and O–H groups in total. The van der Waals surface area contributed by atoms with Crippen LogP contribution in [-0.2, 0) is 4.74 Å². The van der Waals surface area contributed by atoms with Gasteiger partial charge in [-0.05, 0) is 47.2 Å².